The summed E-state index contributed by atoms with van der Waals surface area (Å²) in [5.41, 5.74) is 1.27. The van der Waals surface area contributed by atoms with E-state index in [9.17, 15) is 9.18 Å². The van der Waals surface area contributed by atoms with Gasteiger partial charge in [0, 0.05) is 0 Å². The van der Waals surface area contributed by atoms with Crippen LogP contribution in [0.15, 0.2) is 18.2 Å². The quantitative estimate of drug-likeness (QED) is 0.768. The lowest BCUT2D eigenvalue weighted by Gasteiger charge is -2.17. The first-order valence-electron chi connectivity index (χ1n) is 5.88. The van der Waals surface area contributed by atoms with Gasteiger partial charge in [-0.25, -0.2) is 9.18 Å². The highest BCUT2D eigenvalue weighted by Crippen LogP contribution is 2.16. The Morgan fingerprint density at radius 1 is 1.39 bits per heavy atom. The van der Waals surface area contributed by atoms with Crippen LogP contribution in [0.1, 0.15) is 31.0 Å². The number of rotatable bonds is 4. The number of nitrogens with one attached hydrogen (secondary N) is 2. The molecule has 100 valence electrons. The third-order valence-corrected chi connectivity index (χ3v) is 2.69. The van der Waals surface area contributed by atoms with Gasteiger partial charge in [0.1, 0.15) is 5.82 Å². The number of aliphatic hydroxyl groups is 1. The summed E-state index contributed by atoms with van der Waals surface area (Å²) in [5, 5.41) is 14.1. The van der Waals surface area contributed by atoms with Crippen molar-refractivity contribution in [2.75, 3.05) is 6.61 Å². The van der Waals surface area contributed by atoms with Gasteiger partial charge in [0.25, 0.3) is 0 Å². The van der Waals surface area contributed by atoms with Gasteiger partial charge in [-0.2, -0.15) is 0 Å². The minimum Gasteiger partial charge on any atom is -0.394 e. The molecule has 0 spiro atoms. The standard InChI is InChI=1S/C13H19FN2O2/c1-8-4-5-11(6-12(8)14)10(3)16-13(18)15-9(2)7-17/h4-6,9-10,17H,7H2,1-3H3,(H2,15,16,18)/t9-,10?/m0/s1. The zero-order valence-corrected chi connectivity index (χ0v) is 10.8. The first kappa shape index (κ1) is 14.4. The van der Waals surface area contributed by atoms with Gasteiger partial charge in [0.05, 0.1) is 18.7 Å². The number of benzene rings is 1. The predicted octanol–water partition coefficient (Wildman–Crippen LogP) is 1.88. The number of carbonyl (C=O) groups is 1. The first-order valence-corrected chi connectivity index (χ1v) is 5.88. The van der Waals surface area contributed by atoms with Crippen LogP contribution < -0.4 is 10.6 Å². The van der Waals surface area contributed by atoms with Crippen LogP contribution in [0.2, 0.25) is 0 Å². The third-order valence-electron chi connectivity index (χ3n) is 2.69. The minimum absolute atomic E-state index is 0.124. The smallest absolute Gasteiger partial charge is 0.315 e. The molecule has 0 heterocycles. The molecule has 0 aromatic heterocycles. The van der Waals surface area contributed by atoms with Crippen molar-refractivity contribution in [3.63, 3.8) is 0 Å². The fraction of sp³-hybridized carbons (Fsp3) is 0.462. The van der Waals surface area contributed by atoms with Gasteiger partial charge in [-0.05, 0) is 38.0 Å². The summed E-state index contributed by atoms with van der Waals surface area (Å²) in [7, 11) is 0. The predicted molar refractivity (Wildman–Crippen MR) is 67.8 cm³/mol. The fourth-order valence-corrected chi connectivity index (χ4v) is 1.47. The van der Waals surface area contributed by atoms with Crippen molar-refractivity contribution in [1.29, 1.82) is 0 Å². The van der Waals surface area contributed by atoms with Crippen LogP contribution >= 0.6 is 0 Å². The molecule has 0 fully saturated rings. The van der Waals surface area contributed by atoms with E-state index >= 15 is 0 Å². The van der Waals surface area contributed by atoms with Gasteiger partial charge >= 0.3 is 6.03 Å². The number of amides is 2. The Bertz CT molecular complexity index is 423. The van der Waals surface area contributed by atoms with E-state index in [1.54, 1.807) is 32.9 Å². The summed E-state index contributed by atoms with van der Waals surface area (Å²) < 4.78 is 13.4. The van der Waals surface area contributed by atoms with Gasteiger partial charge in [0.15, 0.2) is 0 Å². The Kier molecular flexibility index (Phi) is 5.09. The maximum absolute atomic E-state index is 13.4. The van der Waals surface area contributed by atoms with E-state index in [1.165, 1.54) is 6.07 Å². The zero-order valence-electron chi connectivity index (χ0n) is 10.8. The van der Waals surface area contributed by atoms with Crippen LogP contribution in [0.25, 0.3) is 0 Å². The number of hydrogen-bond acceptors (Lipinski definition) is 2. The molecular weight excluding hydrogens is 235 g/mol. The SMILES string of the molecule is Cc1ccc(C(C)NC(=O)N[C@@H](C)CO)cc1F. The van der Waals surface area contributed by atoms with Crippen LogP contribution in [0.4, 0.5) is 9.18 Å². The van der Waals surface area contributed by atoms with Crippen molar-refractivity contribution in [3.8, 4) is 0 Å². The molecule has 4 nitrogen and oxygen atoms in total. The second kappa shape index (κ2) is 6.35. The van der Waals surface area contributed by atoms with E-state index in [2.05, 4.69) is 10.6 Å². The van der Waals surface area contributed by atoms with Gasteiger partial charge in [-0.15, -0.1) is 0 Å². The fourth-order valence-electron chi connectivity index (χ4n) is 1.47. The maximum atomic E-state index is 13.4. The molecule has 0 saturated carbocycles. The molecule has 1 aromatic rings. The molecule has 0 radical (unpaired) electrons. The van der Waals surface area contributed by atoms with E-state index in [4.69, 9.17) is 5.11 Å². The Morgan fingerprint density at radius 3 is 2.61 bits per heavy atom. The normalized spacial score (nSPS) is 13.8. The van der Waals surface area contributed by atoms with E-state index in [0.29, 0.717) is 11.1 Å². The first-order chi connectivity index (χ1) is 8.43. The number of hydrogen-bond donors (Lipinski definition) is 3. The second-order valence-corrected chi connectivity index (χ2v) is 4.43. The van der Waals surface area contributed by atoms with E-state index in [1.807, 2.05) is 0 Å². The monoisotopic (exact) mass is 254 g/mol. The van der Waals surface area contributed by atoms with Crippen molar-refractivity contribution < 1.29 is 14.3 Å². The molecule has 0 saturated heterocycles. The summed E-state index contributed by atoms with van der Waals surface area (Å²) in [6, 6.07) is 3.87. The van der Waals surface area contributed by atoms with Gasteiger partial charge in [-0.3, -0.25) is 0 Å². The molecule has 0 aliphatic carbocycles. The maximum Gasteiger partial charge on any atom is 0.315 e. The van der Waals surface area contributed by atoms with Crippen molar-refractivity contribution in [1.82, 2.24) is 10.6 Å². The summed E-state index contributed by atoms with van der Waals surface area (Å²) in [6.45, 7) is 5.02. The van der Waals surface area contributed by atoms with E-state index in [0.717, 1.165) is 0 Å². The van der Waals surface area contributed by atoms with Crippen LogP contribution in [-0.4, -0.2) is 23.8 Å². The molecule has 18 heavy (non-hydrogen) atoms. The number of aliphatic hydroxyl groups excluding tert-OH is 1. The van der Waals surface area contributed by atoms with Gasteiger partial charge in [0.2, 0.25) is 0 Å². The summed E-state index contributed by atoms with van der Waals surface area (Å²) in [5.74, 6) is -0.287. The topological polar surface area (TPSA) is 61.4 Å². The van der Waals surface area contributed by atoms with Gasteiger partial charge in [-0.1, -0.05) is 12.1 Å². The van der Waals surface area contributed by atoms with Crippen molar-refractivity contribution in [2.24, 2.45) is 0 Å². The Balaban J connectivity index is 2.62. The van der Waals surface area contributed by atoms with Crippen LogP contribution in [0, 0.1) is 12.7 Å². The molecule has 0 bridgehead atoms. The number of aryl methyl sites for hydroxylation is 1. The average Bonchev–Trinajstić information content (AvgIpc) is 2.32. The molecular formula is C13H19FN2O2. The highest BCUT2D eigenvalue weighted by molar-refractivity contribution is 5.74. The third kappa shape index (κ3) is 4.00. The molecule has 2 amide bonds. The Morgan fingerprint density at radius 2 is 2.06 bits per heavy atom. The molecule has 0 aliphatic rings. The Labute approximate surface area is 106 Å². The molecule has 1 unspecified atom stereocenters. The number of halogens is 1. The molecule has 2 atom stereocenters. The lowest BCUT2D eigenvalue weighted by atomic mass is 10.1. The van der Waals surface area contributed by atoms with E-state index in [-0.39, 0.29) is 30.5 Å². The van der Waals surface area contributed by atoms with E-state index < -0.39 is 0 Å². The van der Waals surface area contributed by atoms with Gasteiger partial charge < -0.3 is 15.7 Å². The molecule has 1 aromatic carbocycles. The number of urea groups is 1. The second-order valence-electron chi connectivity index (χ2n) is 4.43. The lowest BCUT2D eigenvalue weighted by molar-refractivity contribution is 0.218. The molecule has 5 heteroatoms. The average molecular weight is 254 g/mol. The molecule has 0 aliphatic heterocycles. The summed E-state index contributed by atoms with van der Waals surface area (Å²) in [4.78, 5) is 11.5. The largest absolute Gasteiger partial charge is 0.394 e. The zero-order chi connectivity index (χ0) is 13.7. The van der Waals surface area contributed by atoms with Crippen molar-refractivity contribution in [2.45, 2.75) is 32.9 Å². The van der Waals surface area contributed by atoms with Crippen LogP contribution in [0.5, 0.6) is 0 Å². The minimum atomic E-state index is -0.384. The molecule has 3 N–H and O–H groups in total. The lowest BCUT2D eigenvalue weighted by Crippen LogP contribution is -2.43. The highest BCUT2D eigenvalue weighted by atomic mass is 19.1. The van der Waals surface area contributed by atoms with Crippen LogP contribution in [0.3, 0.4) is 0 Å². The number of carbonyl (C=O) groups excluding carboxylic acids is 1. The Hall–Kier alpha value is -1.62. The summed E-state index contributed by atoms with van der Waals surface area (Å²) >= 11 is 0. The van der Waals surface area contributed by atoms with Crippen LogP contribution in [-0.2, 0) is 0 Å². The van der Waals surface area contributed by atoms with Crippen molar-refractivity contribution in [3.05, 3.63) is 35.1 Å². The molecule has 1 rings (SSSR count). The van der Waals surface area contributed by atoms with Crippen molar-refractivity contribution >= 4 is 6.03 Å². The highest BCUT2D eigenvalue weighted by Gasteiger charge is 2.12. The summed E-state index contributed by atoms with van der Waals surface area (Å²) in [6.07, 6.45) is 0.